The van der Waals surface area contributed by atoms with Crippen molar-refractivity contribution in [3.05, 3.63) is 41.7 Å². The highest BCUT2D eigenvalue weighted by Gasteiger charge is 2.09. The van der Waals surface area contributed by atoms with E-state index in [1.165, 1.54) is 6.92 Å². The number of ether oxygens (including phenoxy) is 1. The molecule has 100 valence electrons. The molecule has 0 fully saturated rings. The third kappa shape index (κ3) is 3.13. The predicted molar refractivity (Wildman–Crippen MR) is 73.3 cm³/mol. The molecule has 0 amide bonds. The average molecular weight is 259 g/mol. The third-order valence-corrected chi connectivity index (χ3v) is 2.92. The fraction of sp³-hybridized carbons (Fsp3) is 0.286. The van der Waals surface area contributed by atoms with Gasteiger partial charge in [-0.2, -0.15) is 5.10 Å². The second-order valence-corrected chi connectivity index (χ2v) is 4.36. The summed E-state index contributed by atoms with van der Waals surface area (Å²) in [5, 5.41) is 4.09. The second-order valence-electron chi connectivity index (χ2n) is 4.36. The molecule has 0 spiro atoms. The molecule has 0 saturated carbocycles. The fourth-order valence-corrected chi connectivity index (χ4v) is 1.86. The minimum absolute atomic E-state index is 0.0529. The van der Waals surface area contributed by atoms with Gasteiger partial charge < -0.3 is 10.5 Å². The van der Waals surface area contributed by atoms with Crippen molar-refractivity contribution in [3.8, 4) is 5.75 Å². The van der Waals surface area contributed by atoms with E-state index in [4.69, 9.17) is 10.5 Å². The molecule has 0 unspecified atom stereocenters. The molecule has 0 atom stereocenters. The van der Waals surface area contributed by atoms with Crippen LogP contribution in [0.5, 0.6) is 5.75 Å². The molecule has 2 rings (SSSR count). The number of nitrogen functional groups attached to an aromatic ring is 1. The molecule has 5 nitrogen and oxygen atoms in total. The van der Waals surface area contributed by atoms with Gasteiger partial charge in [-0.3, -0.25) is 9.48 Å². The fourth-order valence-electron chi connectivity index (χ4n) is 1.86. The Morgan fingerprint density at radius 1 is 1.42 bits per heavy atom. The summed E-state index contributed by atoms with van der Waals surface area (Å²) >= 11 is 0. The first-order valence-electron chi connectivity index (χ1n) is 6.08. The minimum Gasteiger partial charge on any atom is -0.492 e. The van der Waals surface area contributed by atoms with Crippen molar-refractivity contribution < 1.29 is 9.53 Å². The molecular formula is C14H17N3O2. The van der Waals surface area contributed by atoms with Crippen LogP contribution >= 0.6 is 0 Å². The number of hydrogen-bond donors (Lipinski definition) is 1. The van der Waals surface area contributed by atoms with Gasteiger partial charge in [-0.15, -0.1) is 0 Å². The second kappa shape index (κ2) is 5.56. The molecule has 0 aliphatic carbocycles. The predicted octanol–water partition coefficient (Wildman–Crippen LogP) is 1.83. The first-order chi connectivity index (χ1) is 9.08. The minimum atomic E-state index is -0.0529. The van der Waals surface area contributed by atoms with Crippen LogP contribution in [0.15, 0.2) is 30.5 Å². The van der Waals surface area contributed by atoms with E-state index in [1.54, 1.807) is 29.1 Å². The van der Waals surface area contributed by atoms with Gasteiger partial charge in [0.1, 0.15) is 5.75 Å². The van der Waals surface area contributed by atoms with Crippen molar-refractivity contribution in [1.82, 2.24) is 9.78 Å². The number of nitrogens with two attached hydrogens (primary N) is 1. The van der Waals surface area contributed by atoms with Gasteiger partial charge >= 0.3 is 0 Å². The zero-order chi connectivity index (χ0) is 13.8. The standard InChI is InChI=1S/C14H17N3O2/c1-10(18)13-9-11(15)3-4-14(13)19-8-6-12-5-7-16-17(12)2/h3-5,7,9H,6,8,15H2,1-2H3. The van der Waals surface area contributed by atoms with E-state index < -0.39 is 0 Å². The molecule has 19 heavy (non-hydrogen) atoms. The van der Waals surface area contributed by atoms with E-state index in [0.29, 0.717) is 23.6 Å². The maximum Gasteiger partial charge on any atom is 0.163 e. The molecule has 0 saturated heterocycles. The lowest BCUT2D eigenvalue weighted by atomic mass is 10.1. The van der Waals surface area contributed by atoms with E-state index in [2.05, 4.69) is 5.10 Å². The molecule has 1 aromatic carbocycles. The summed E-state index contributed by atoms with van der Waals surface area (Å²) in [6.45, 7) is 1.99. The first kappa shape index (κ1) is 13.1. The smallest absolute Gasteiger partial charge is 0.163 e. The highest BCUT2D eigenvalue weighted by Crippen LogP contribution is 2.22. The number of nitrogens with zero attached hydrogens (tertiary/aromatic N) is 2. The largest absolute Gasteiger partial charge is 0.492 e. The summed E-state index contributed by atoms with van der Waals surface area (Å²) < 4.78 is 7.47. The Kier molecular flexibility index (Phi) is 3.85. The maximum atomic E-state index is 11.5. The highest BCUT2D eigenvalue weighted by atomic mass is 16.5. The molecule has 2 N–H and O–H groups in total. The van der Waals surface area contributed by atoms with Crippen molar-refractivity contribution >= 4 is 11.5 Å². The van der Waals surface area contributed by atoms with Crippen molar-refractivity contribution in [1.29, 1.82) is 0 Å². The van der Waals surface area contributed by atoms with Crippen LogP contribution in [-0.2, 0) is 13.5 Å². The molecule has 1 aromatic heterocycles. The van der Waals surface area contributed by atoms with Crippen LogP contribution in [0.4, 0.5) is 5.69 Å². The van der Waals surface area contributed by atoms with Crippen LogP contribution in [0.2, 0.25) is 0 Å². The van der Waals surface area contributed by atoms with Gasteiger partial charge in [0.05, 0.1) is 12.2 Å². The zero-order valence-corrected chi connectivity index (χ0v) is 11.1. The van der Waals surface area contributed by atoms with Crippen LogP contribution in [-0.4, -0.2) is 22.2 Å². The lowest BCUT2D eigenvalue weighted by Crippen LogP contribution is -2.08. The third-order valence-electron chi connectivity index (χ3n) is 2.92. The quantitative estimate of drug-likeness (QED) is 0.657. The Labute approximate surface area is 112 Å². The number of anilines is 1. The van der Waals surface area contributed by atoms with Crippen molar-refractivity contribution in [2.75, 3.05) is 12.3 Å². The summed E-state index contributed by atoms with van der Waals surface area (Å²) in [4.78, 5) is 11.5. The van der Waals surface area contributed by atoms with E-state index in [1.807, 2.05) is 13.1 Å². The van der Waals surface area contributed by atoms with E-state index in [9.17, 15) is 4.79 Å². The van der Waals surface area contributed by atoms with Gasteiger partial charge in [0.25, 0.3) is 0 Å². The van der Waals surface area contributed by atoms with E-state index >= 15 is 0 Å². The number of aryl methyl sites for hydroxylation is 1. The van der Waals surface area contributed by atoms with Crippen LogP contribution in [0.1, 0.15) is 23.0 Å². The zero-order valence-electron chi connectivity index (χ0n) is 11.1. The lowest BCUT2D eigenvalue weighted by Gasteiger charge is -2.10. The molecular weight excluding hydrogens is 242 g/mol. The highest BCUT2D eigenvalue weighted by molar-refractivity contribution is 5.97. The van der Waals surface area contributed by atoms with Gasteiger partial charge in [-0.25, -0.2) is 0 Å². The van der Waals surface area contributed by atoms with E-state index in [0.717, 1.165) is 12.1 Å². The van der Waals surface area contributed by atoms with Gasteiger partial charge in [-0.1, -0.05) is 0 Å². The molecule has 0 aliphatic heterocycles. The molecule has 0 bridgehead atoms. The molecule has 1 heterocycles. The number of aromatic nitrogens is 2. The van der Waals surface area contributed by atoms with Crippen molar-refractivity contribution in [3.63, 3.8) is 0 Å². The van der Waals surface area contributed by atoms with Crippen LogP contribution < -0.4 is 10.5 Å². The number of carbonyl (C=O) groups excluding carboxylic acids is 1. The molecule has 5 heteroatoms. The van der Waals surface area contributed by atoms with Crippen LogP contribution in [0, 0.1) is 0 Å². The summed E-state index contributed by atoms with van der Waals surface area (Å²) in [5.74, 6) is 0.520. The van der Waals surface area contributed by atoms with Crippen LogP contribution in [0.25, 0.3) is 0 Å². The van der Waals surface area contributed by atoms with Gasteiger partial charge in [0.15, 0.2) is 5.78 Å². The number of ketones is 1. The lowest BCUT2D eigenvalue weighted by molar-refractivity contribution is 0.101. The maximum absolute atomic E-state index is 11.5. The summed E-state index contributed by atoms with van der Waals surface area (Å²) in [6.07, 6.45) is 2.48. The number of benzene rings is 1. The Bertz CT molecular complexity index is 590. The summed E-state index contributed by atoms with van der Waals surface area (Å²) in [5.41, 5.74) is 7.83. The molecule has 0 radical (unpaired) electrons. The molecule has 0 aliphatic rings. The molecule has 2 aromatic rings. The average Bonchev–Trinajstić information content (AvgIpc) is 2.77. The SMILES string of the molecule is CC(=O)c1cc(N)ccc1OCCc1ccnn1C. The Hall–Kier alpha value is -2.30. The Morgan fingerprint density at radius 3 is 2.84 bits per heavy atom. The number of Topliss-reactive ketones (excluding diaryl/α,β-unsaturated/α-hetero) is 1. The summed E-state index contributed by atoms with van der Waals surface area (Å²) in [6, 6.07) is 7.04. The number of hydrogen-bond acceptors (Lipinski definition) is 4. The van der Waals surface area contributed by atoms with Crippen molar-refractivity contribution in [2.24, 2.45) is 7.05 Å². The van der Waals surface area contributed by atoms with Gasteiger partial charge in [0.2, 0.25) is 0 Å². The normalized spacial score (nSPS) is 10.4. The number of rotatable bonds is 5. The first-order valence-corrected chi connectivity index (χ1v) is 6.08. The topological polar surface area (TPSA) is 70.1 Å². The van der Waals surface area contributed by atoms with Gasteiger partial charge in [0, 0.05) is 31.0 Å². The number of carbonyl (C=O) groups is 1. The van der Waals surface area contributed by atoms with Gasteiger partial charge in [-0.05, 0) is 31.2 Å². The monoisotopic (exact) mass is 259 g/mol. The Balaban J connectivity index is 2.03. The van der Waals surface area contributed by atoms with Crippen LogP contribution in [0.3, 0.4) is 0 Å². The Morgan fingerprint density at radius 2 is 2.21 bits per heavy atom. The van der Waals surface area contributed by atoms with E-state index in [-0.39, 0.29) is 5.78 Å². The summed E-state index contributed by atoms with van der Waals surface area (Å²) in [7, 11) is 1.89. The van der Waals surface area contributed by atoms with Crippen molar-refractivity contribution in [2.45, 2.75) is 13.3 Å².